The Hall–Kier alpha value is -3.30. The predicted octanol–water partition coefficient (Wildman–Crippen LogP) is 4.27. The van der Waals surface area contributed by atoms with E-state index in [9.17, 15) is 19.2 Å². The summed E-state index contributed by atoms with van der Waals surface area (Å²) in [6, 6.07) is 12.1. The molecule has 0 spiro atoms. The van der Waals surface area contributed by atoms with Gasteiger partial charge in [0.15, 0.2) is 6.61 Å². The summed E-state index contributed by atoms with van der Waals surface area (Å²) < 4.78 is 10.3. The third kappa shape index (κ3) is 6.59. The highest BCUT2D eigenvalue weighted by atomic mass is 35.5. The number of nitrogens with zero attached hydrogens (tertiary/aromatic N) is 1. The number of hydrogen-bond donors (Lipinski definition) is 1. The topological polar surface area (TPSA) is 102 Å². The van der Waals surface area contributed by atoms with Crippen LogP contribution in [0.5, 0.6) is 5.75 Å². The molecule has 0 atom stereocenters. The van der Waals surface area contributed by atoms with Crippen LogP contribution >= 0.6 is 23.4 Å². The van der Waals surface area contributed by atoms with Crippen LogP contribution in [0.2, 0.25) is 5.02 Å². The quantitative estimate of drug-likeness (QED) is 0.437. The van der Waals surface area contributed by atoms with Gasteiger partial charge in [0.2, 0.25) is 0 Å². The number of imide groups is 1. The second-order valence-corrected chi connectivity index (χ2v) is 8.37. The summed E-state index contributed by atoms with van der Waals surface area (Å²) in [5, 5.41) is 2.41. The highest BCUT2D eigenvalue weighted by molar-refractivity contribution is 8.18. The molecule has 1 heterocycles. The molecule has 0 aliphatic carbocycles. The van der Waals surface area contributed by atoms with Crippen molar-refractivity contribution in [2.24, 2.45) is 0 Å². The largest absolute Gasteiger partial charge is 0.482 e. The van der Waals surface area contributed by atoms with E-state index in [4.69, 9.17) is 21.1 Å². The lowest BCUT2D eigenvalue weighted by Gasteiger charge is -2.11. The van der Waals surface area contributed by atoms with Crippen LogP contribution in [-0.2, 0) is 19.1 Å². The summed E-state index contributed by atoms with van der Waals surface area (Å²) >= 11 is 6.98. The number of rotatable bonds is 8. The lowest BCUT2D eigenvalue weighted by molar-refractivity contribution is -0.146. The molecule has 10 heteroatoms. The minimum absolute atomic E-state index is 0.158. The zero-order valence-electron chi connectivity index (χ0n) is 17.9. The molecular formula is C23H21ClN2O6S. The number of carbonyl (C=O) groups excluding carboxylic acids is 4. The van der Waals surface area contributed by atoms with E-state index in [-0.39, 0.29) is 29.0 Å². The molecule has 8 nitrogen and oxygen atoms in total. The second-order valence-electron chi connectivity index (χ2n) is 6.97. The summed E-state index contributed by atoms with van der Waals surface area (Å²) in [5.41, 5.74) is 2.30. The Labute approximate surface area is 199 Å². The van der Waals surface area contributed by atoms with Gasteiger partial charge in [-0.1, -0.05) is 35.4 Å². The SMILES string of the molecule is CCOC(=O)CN1C(=O)S/C(=C/c2ccc(OCC(=O)Nc3ccc(C)cc3)c(Cl)c2)C1=O. The molecule has 0 radical (unpaired) electrons. The number of thioether (sulfide) groups is 1. The van der Waals surface area contributed by atoms with Gasteiger partial charge in [-0.15, -0.1) is 0 Å². The first kappa shape index (κ1) is 24.3. The number of ether oxygens (including phenoxy) is 2. The first-order valence-electron chi connectivity index (χ1n) is 9.96. The number of hydrogen-bond acceptors (Lipinski definition) is 7. The summed E-state index contributed by atoms with van der Waals surface area (Å²) in [5.74, 6) is -1.28. The van der Waals surface area contributed by atoms with E-state index in [1.54, 1.807) is 37.3 Å². The minimum Gasteiger partial charge on any atom is -0.482 e. The van der Waals surface area contributed by atoms with Gasteiger partial charge in [-0.25, -0.2) is 0 Å². The number of esters is 1. The molecule has 0 aromatic heterocycles. The third-order valence-corrected chi connectivity index (χ3v) is 5.62. The lowest BCUT2D eigenvalue weighted by Crippen LogP contribution is -2.34. The Bertz CT molecular complexity index is 1120. The molecule has 3 amide bonds. The monoisotopic (exact) mass is 488 g/mol. The van der Waals surface area contributed by atoms with E-state index in [2.05, 4.69) is 5.32 Å². The maximum absolute atomic E-state index is 12.5. The molecule has 0 unspecified atom stereocenters. The van der Waals surface area contributed by atoms with Gasteiger partial charge in [0, 0.05) is 5.69 Å². The Kier molecular flexibility index (Phi) is 8.13. The number of anilines is 1. The molecule has 1 aliphatic rings. The van der Waals surface area contributed by atoms with Gasteiger partial charge in [-0.2, -0.15) is 0 Å². The predicted molar refractivity (Wildman–Crippen MR) is 126 cm³/mol. The lowest BCUT2D eigenvalue weighted by atomic mass is 10.2. The molecule has 1 fully saturated rings. The Morgan fingerprint density at radius 1 is 1.15 bits per heavy atom. The van der Waals surface area contributed by atoms with E-state index in [0.29, 0.717) is 17.0 Å². The first-order chi connectivity index (χ1) is 15.8. The zero-order valence-corrected chi connectivity index (χ0v) is 19.5. The van der Waals surface area contributed by atoms with Crippen LogP contribution in [0.25, 0.3) is 6.08 Å². The van der Waals surface area contributed by atoms with Gasteiger partial charge in [-0.3, -0.25) is 24.1 Å². The molecule has 1 N–H and O–H groups in total. The van der Waals surface area contributed by atoms with Crippen molar-refractivity contribution in [2.75, 3.05) is 25.1 Å². The second kappa shape index (κ2) is 11.0. The molecule has 3 rings (SSSR count). The van der Waals surface area contributed by atoms with Crippen LogP contribution in [0.1, 0.15) is 18.1 Å². The Morgan fingerprint density at radius 3 is 2.55 bits per heavy atom. The summed E-state index contributed by atoms with van der Waals surface area (Å²) in [6.45, 7) is 3.08. The van der Waals surface area contributed by atoms with Crippen LogP contribution in [0.4, 0.5) is 10.5 Å². The van der Waals surface area contributed by atoms with Gasteiger partial charge in [-0.05, 0) is 61.5 Å². The van der Waals surface area contributed by atoms with Gasteiger partial charge in [0.05, 0.1) is 16.5 Å². The molecule has 2 aromatic rings. The van der Waals surface area contributed by atoms with Crippen LogP contribution in [0.3, 0.4) is 0 Å². The molecule has 2 aromatic carbocycles. The molecule has 1 aliphatic heterocycles. The van der Waals surface area contributed by atoms with Crippen molar-refractivity contribution >= 4 is 58.1 Å². The number of benzene rings is 2. The van der Waals surface area contributed by atoms with E-state index in [0.717, 1.165) is 22.2 Å². The highest BCUT2D eigenvalue weighted by Gasteiger charge is 2.36. The standard InChI is InChI=1S/C23H21ClN2O6S/c1-3-31-21(28)12-26-22(29)19(33-23(26)30)11-15-6-9-18(17(24)10-15)32-13-20(27)25-16-7-4-14(2)5-8-16/h4-11H,3,12-13H2,1-2H3,(H,25,27)/b19-11+. The fourth-order valence-corrected chi connectivity index (χ4v) is 3.91. The van der Waals surface area contributed by atoms with E-state index in [1.807, 2.05) is 19.1 Å². The van der Waals surface area contributed by atoms with Crippen molar-refractivity contribution in [1.29, 1.82) is 0 Å². The van der Waals surface area contributed by atoms with E-state index < -0.39 is 23.7 Å². The zero-order chi connectivity index (χ0) is 24.0. The molecule has 172 valence electrons. The third-order valence-electron chi connectivity index (χ3n) is 4.41. The van der Waals surface area contributed by atoms with Crippen LogP contribution in [-0.4, -0.2) is 47.7 Å². The van der Waals surface area contributed by atoms with Crippen molar-refractivity contribution in [3.63, 3.8) is 0 Å². The van der Waals surface area contributed by atoms with Crippen molar-refractivity contribution in [3.8, 4) is 5.75 Å². The molecule has 0 bridgehead atoms. The fourth-order valence-electron chi connectivity index (χ4n) is 2.82. The summed E-state index contributed by atoms with van der Waals surface area (Å²) in [4.78, 5) is 49.2. The van der Waals surface area contributed by atoms with Crippen molar-refractivity contribution < 1.29 is 28.7 Å². The minimum atomic E-state index is -0.656. The Balaban J connectivity index is 1.60. The van der Waals surface area contributed by atoms with Gasteiger partial charge < -0.3 is 14.8 Å². The normalized spacial score (nSPS) is 14.5. The van der Waals surface area contributed by atoms with Crippen LogP contribution in [0, 0.1) is 6.92 Å². The average molecular weight is 489 g/mol. The van der Waals surface area contributed by atoms with E-state index in [1.165, 1.54) is 6.08 Å². The summed E-state index contributed by atoms with van der Waals surface area (Å²) in [6.07, 6.45) is 1.50. The number of carbonyl (C=O) groups is 4. The fraction of sp³-hybridized carbons (Fsp3) is 0.217. The number of amides is 3. The number of aryl methyl sites for hydroxylation is 1. The average Bonchev–Trinajstić information content (AvgIpc) is 3.02. The Morgan fingerprint density at radius 2 is 1.88 bits per heavy atom. The first-order valence-corrected chi connectivity index (χ1v) is 11.2. The highest BCUT2D eigenvalue weighted by Crippen LogP contribution is 2.33. The molecular weight excluding hydrogens is 468 g/mol. The van der Waals surface area contributed by atoms with Crippen molar-refractivity contribution in [1.82, 2.24) is 4.90 Å². The molecule has 33 heavy (non-hydrogen) atoms. The summed E-state index contributed by atoms with van der Waals surface area (Å²) in [7, 11) is 0. The number of halogens is 1. The van der Waals surface area contributed by atoms with Gasteiger partial charge in [0.25, 0.3) is 17.1 Å². The van der Waals surface area contributed by atoms with Crippen molar-refractivity contribution in [3.05, 3.63) is 63.5 Å². The van der Waals surface area contributed by atoms with Crippen LogP contribution in [0.15, 0.2) is 47.4 Å². The van der Waals surface area contributed by atoms with E-state index >= 15 is 0 Å². The molecule has 0 saturated carbocycles. The van der Waals surface area contributed by atoms with Crippen LogP contribution < -0.4 is 10.1 Å². The smallest absolute Gasteiger partial charge is 0.326 e. The molecule has 1 saturated heterocycles. The van der Waals surface area contributed by atoms with Gasteiger partial charge >= 0.3 is 5.97 Å². The van der Waals surface area contributed by atoms with Crippen molar-refractivity contribution in [2.45, 2.75) is 13.8 Å². The maximum Gasteiger partial charge on any atom is 0.326 e. The maximum atomic E-state index is 12.5. The number of nitrogens with one attached hydrogen (secondary N) is 1. The van der Waals surface area contributed by atoms with Gasteiger partial charge in [0.1, 0.15) is 12.3 Å².